The molecule has 1 aromatic carbocycles. The van der Waals surface area contributed by atoms with Crippen LogP contribution in [0.2, 0.25) is 10.0 Å². The van der Waals surface area contributed by atoms with E-state index in [1.807, 2.05) is 0 Å². The van der Waals surface area contributed by atoms with Gasteiger partial charge in [0.25, 0.3) is 0 Å². The number of carbonyl (C=O) groups excluding carboxylic acids is 1. The molecule has 0 spiro atoms. The number of benzene rings is 1. The van der Waals surface area contributed by atoms with Gasteiger partial charge in [0.15, 0.2) is 5.54 Å². The van der Waals surface area contributed by atoms with Crippen LogP contribution >= 0.6 is 23.2 Å². The Morgan fingerprint density at radius 2 is 2.10 bits per heavy atom. The second kappa shape index (κ2) is 5.99. The molecule has 1 atom stereocenters. The number of amides is 1. The molecule has 2 N–H and O–H groups in total. The Kier molecular flexibility index (Phi) is 4.52. The SMILES string of the molecule is O=C(Cc1ccc(Cl)c(Cl)c1)NC1(C(=O)O)CCOC1. The molecule has 20 heavy (non-hydrogen) atoms. The quantitative estimate of drug-likeness (QED) is 0.889. The van der Waals surface area contributed by atoms with Crippen LogP contribution in [0.5, 0.6) is 0 Å². The molecular weight excluding hydrogens is 305 g/mol. The van der Waals surface area contributed by atoms with E-state index < -0.39 is 17.4 Å². The number of aliphatic carboxylic acids is 1. The average Bonchev–Trinajstić information content (AvgIpc) is 2.83. The molecule has 0 aliphatic carbocycles. The summed E-state index contributed by atoms with van der Waals surface area (Å²) in [5.41, 5.74) is -0.663. The van der Waals surface area contributed by atoms with Gasteiger partial charge in [-0.05, 0) is 17.7 Å². The van der Waals surface area contributed by atoms with Gasteiger partial charge in [-0.3, -0.25) is 4.79 Å². The summed E-state index contributed by atoms with van der Waals surface area (Å²) in [6.07, 6.45) is 0.293. The van der Waals surface area contributed by atoms with Crippen LogP contribution in [0.15, 0.2) is 18.2 Å². The lowest BCUT2D eigenvalue weighted by atomic mass is 9.98. The van der Waals surface area contributed by atoms with Gasteiger partial charge in [-0.15, -0.1) is 0 Å². The van der Waals surface area contributed by atoms with E-state index >= 15 is 0 Å². The molecule has 1 heterocycles. The molecule has 7 heteroatoms. The zero-order valence-corrected chi connectivity index (χ0v) is 12.0. The second-order valence-electron chi connectivity index (χ2n) is 4.66. The first-order valence-corrected chi connectivity index (χ1v) is 6.75. The van der Waals surface area contributed by atoms with E-state index in [4.69, 9.17) is 27.9 Å². The molecule has 1 fully saturated rings. The minimum Gasteiger partial charge on any atom is -0.479 e. The van der Waals surface area contributed by atoms with Crippen LogP contribution < -0.4 is 5.32 Å². The van der Waals surface area contributed by atoms with Gasteiger partial charge in [0.1, 0.15) is 0 Å². The van der Waals surface area contributed by atoms with Gasteiger partial charge >= 0.3 is 5.97 Å². The van der Waals surface area contributed by atoms with Crippen molar-refractivity contribution in [3.63, 3.8) is 0 Å². The Morgan fingerprint density at radius 3 is 2.65 bits per heavy atom. The first kappa shape index (κ1) is 15.1. The summed E-state index contributed by atoms with van der Waals surface area (Å²) >= 11 is 11.7. The summed E-state index contributed by atoms with van der Waals surface area (Å²) in [6, 6.07) is 4.85. The molecule has 1 aliphatic rings. The number of carbonyl (C=O) groups is 2. The molecule has 1 aliphatic heterocycles. The van der Waals surface area contributed by atoms with E-state index in [1.54, 1.807) is 18.2 Å². The van der Waals surface area contributed by atoms with Gasteiger partial charge in [-0.1, -0.05) is 29.3 Å². The first-order chi connectivity index (χ1) is 9.43. The zero-order chi connectivity index (χ0) is 14.8. The van der Waals surface area contributed by atoms with Gasteiger partial charge < -0.3 is 15.2 Å². The maximum atomic E-state index is 12.0. The summed E-state index contributed by atoms with van der Waals surface area (Å²) in [5, 5.41) is 12.5. The zero-order valence-electron chi connectivity index (χ0n) is 10.5. The average molecular weight is 318 g/mol. The lowest BCUT2D eigenvalue weighted by molar-refractivity contribution is -0.147. The molecule has 1 aromatic rings. The van der Waals surface area contributed by atoms with Crippen LogP contribution in [0.25, 0.3) is 0 Å². The summed E-state index contributed by atoms with van der Waals surface area (Å²) < 4.78 is 5.07. The van der Waals surface area contributed by atoms with Crippen molar-refractivity contribution in [3.05, 3.63) is 33.8 Å². The van der Waals surface area contributed by atoms with Gasteiger partial charge in [-0.25, -0.2) is 4.79 Å². The smallest absolute Gasteiger partial charge is 0.331 e. The van der Waals surface area contributed by atoms with Gasteiger partial charge in [0, 0.05) is 13.0 Å². The normalized spacial score (nSPS) is 21.7. The highest BCUT2D eigenvalue weighted by atomic mass is 35.5. The molecule has 5 nitrogen and oxygen atoms in total. The molecule has 1 unspecified atom stereocenters. The summed E-state index contributed by atoms with van der Waals surface area (Å²) in [7, 11) is 0. The van der Waals surface area contributed by atoms with Crippen molar-refractivity contribution in [2.24, 2.45) is 0 Å². The molecule has 1 saturated heterocycles. The molecule has 0 saturated carbocycles. The Morgan fingerprint density at radius 1 is 1.35 bits per heavy atom. The number of halogens is 2. The predicted molar refractivity (Wildman–Crippen MR) is 74.1 cm³/mol. The molecular formula is C13H13Cl2NO4. The number of hydrogen-bond donors (Lipinski definition) is 2. The molecule has 2 rings (SSSR count). The van der Waals surface area contributed by atoms with Crippen molar-refractivity contribution in [3.8, 4) is 0 Å². The predicted octanol–water partition coefficient (Wildman–Crippen LogP) is 1.90. The highest BCUT2D eigenvalue weighted by molar-refractivity contribution is 6.42. The number of carboxylic acid groups (broad SMARTS) is 1. The van der Waals surface area contributed by atoms with Crippen molar-refractivity contribution in [1.29, 1.82) is 0 Å². The van der Waals surface area contributed by atoms with Crippen molar-refractivity contribution in [2.75, 3.05) is 13.2 Å². The van der Waals surface area contributed by atoms with Crippen LogP contribution in [0.3, 0.4) is 0 Å². The van der Waals surface area contributed by atoms with Crippen molar-refractivity contribution >= 4 is 35.1 Å². The van der Waals surface area contributed by atoms with Gasteiger partial charge in [0.05, 0.1) is 23.1 Å². The summed E-state index contributed by atoms with van der Waals surface area (Å²) in [6.45, 7) is 0.300. The van der Waals surface area contributed by atoms with E-state index in [0.717, 1.165) is 0 Å². The Hall–Kier alpha value is -1.30. The van der Waals surface area contributed by atoms with Crippen LogP contribution in [-0.4, -0.2) is 35.7 Å². The topological polar surface area (TPSA) is 75.6 Å². The summed E-state index contributed by atoms with van der Waals surface area (Å²) in [4.78, 5) is 23.2. The molecule has 0 aromatic heterocycles. The second-order valence-corrected chi connectivity index (χ2v) is 5.48. The highest BCUT2D eigenvalue weighted by Crippen LogP contribution is 2.23. The highest BCUT2D eigenvalue weighted by Gasteiger charge is 2.43. The maximum Gasteiger partial charge on any atom is 0.331 e. The van der Waals surface area contributed by atoms with Crippen molar-refractivity contribution < 1.29 is 19.4 Å². The molecule has 108 valence electrons. The fraction of sp³-hybridized carbons (Fsp3) is 0.385. The van der Waals surface area contributed by atoms with Crippen molar-refractivity contribution in [2.45, 2.75) is 18.4 Å². The van der Waals surface area contributed by atoms with E-state index in [-0.39, 0.29) is 19.4 Å². The summed E-state index contributed by atoms with van der Waals surface area (Å²) in [5.74, 6) is -1.48. The van der Waals surface area contributed by atoms with Crippen molar-refractivity contribution in [1.82, 2.24) is 5.32 Å². The van der Waals surface area contributed by atoms with Crippen LogP contribution in [0, 0.1) is 0 Å². The Balaban J connectivity index is 2.04. The largest absolute Gasteiger partial charge is 0.479 e. The van der Waals surface area contributed by atoms with E-state index in [2.05, 4.69) is 5.32 Å². The molecule has 0 bridgehead atoms. The van der Waals surface area contributed by atoms with E-state index in [1.165, 1.54) is 0 Å². The lowest BCUT2D eigenvalue weighted by Crippen LogP contribution is -2.55. The maximum absolute atomic E-state index is 12.0. The lowest BCUT2D eigenvalue weighted by Gasteiger charge is -2.23. The van der Waals surface area contributed by atoms with Gasteiger partial charge in [-0.2, -0.15) is 0 Å². The fourth-order valence-electron chi connectivity index (χ4n) is 2.03. The molecule has 1 amide bonds. The molecule has 0 radical (unpaired) electrons. The van der Waals surface area contributed by atoms with E-state index in [9.17, 15) is 14.7 Å². The van der Waals surface area contributed by atoms with Crippen LogP contribution in [0.4, 0.5) is 0 Å². The third-order valence-corrected chi connectivity index (χ3v) is 3.90. The third kappa shape index (κ3) is 3.23. The van der Waals surface area contributed by atoms with Gasteiger partial charge in [0.2, 0.25) is 5.91 Å². The number of hydrogen-bond acceptors (Lipinski definition) is 3. The number of ether oxygens (including phenoxy) is 1. The van der Waals surface area contributed by atoms with Crippen LogP contribution in [0.1, 0.15) is 12.0 Å². The Labute approximate surface area is 125 Å². The monoisotopic (exact) mass is 317 g/mol. The number of rotatable bonds is 4. The van der Waals surface area contributed by atoms with E-state index in [0.29, 0.717) is 22.2 Å². The Bertz CT molecular complexity index is 541. The minimum atomic E-state index is -1.33. The third-order valence-electron chi connectivity index (χ3n) is 3.16. The number of nitrogens with one attached hydrogen (secondary N) is 1. The number of carboxylic acids is 1. The first-order valence-electron chi connectivity index (χ1n) is 5.99. The standard InChI is InChI=1S/C13H13Cl2NO4/c14-9-2-1-8(5-10(9)15)6-11(17)16-13(12(18)19)3-4-20-7-13/h1-2,5H,3-4,6-7H2,(H,16,17)(H,18,19). The minimum absolute atomic E-state index is 0.0184. The van der Waals surface area contributed by atoms with Crippen LogP contribution in [-0.2, 0) is 20.7 Å². The fourth-order valence-corrected chi connectivity index (χ4v) is 2.35.